The summed E-state index contributed by atoms with van der Waals surface area (Å²) in [6.45, 7) is 0. The predicted molar refractivity (Wildman–Crippen MR) is 73.4 cm³/mol. The summed E-state index contributed by atoms with van der Waals surface area (Å²) in [4.78, 5) is 12.0. The van der Waals surface area contributed by atoms with Gasteiger partial charge in [0.25, 0.3) is 5.91 Å². The van der Waals surface area contributed by atoms with Gasteiger partial charge in [0.2, 0.25) is 0 Å². The van der Waals surface area contributed by atoms with E-state index in [9.17, 15) is 18.0 Å². The van der Waals surface area contributed by atoms with Gasteiger partial charge in [0.05, 0.1) is 16.3 Å². The number of benzene rings is 2. The Hall–Kier alpha value is -1.53. The molecular formula is C13H6BrClF3NO. The summed E-state index contributed by atoms with van der Waals surface area (Å²) < 4.78 is 39.6. The molecule has 1 N–H and O–H groups in total. The van der Waals surface area contributed by atoms with Gasteiger partial charge in [0, 0.05) is 10.5 Å². The summed E-state index contributed by atoms with van der Waals surface area (Å²) in [5.74, 6) is -3.08. The third-order valence-corrected chi connectivity index (χ3v) is 3.38. The van der Waals surface area contributed by atoms with E-state index in [1.54, 1.807) is 0 Å². The van der Waals surface area contributed by atoms with Crippen LogP contribution < -0.4 is 5.32 Å². The van der Waals surface area contributed by atoms with Crippen LogP contribution >= 0.6 is 27.5 Å². The van der Waals surface area contributed by atoms with Crippen LogP contribution in [0.4, 0.5) is 18.9 Å². The van der Waals surface area contributed by atoms with E-state index in [0.29, 0.717) is 6.07 Å². The number of carbonyl (C=O) groups is 1. The first-order valence-electron chi connectivity index (χ1n) is 5.29. The molecule has 0 aliphatic carbocycles. The second kappa shape index (κ2) is 5.85. The lowest BCUT2D eigenvalue weighted by atomic mass is 10.2. The van der Waals surface area contributed by atoms with Gasteiger partial charge in [0.15, 0.2) is 5.82 Å². The molecule has 0 fully saturated rings. The highest BCUT2D eigenvalue weighted by molar-refractivity contribution is 9.10. The highest BCUT2D eigenvalue weighted by Gasteiger charge is 2.16. The standard InChI is InChI=1S/C13H6BrClF3NO/c14-9-3-6(16)1-2-8(9)13(20)19-12-10(15)4-7(17)5-11(12)18/h1-5H,(H,19,20). The molecule has 0 unspecified atom stereocenters. The largest absolute Gasteiger partial charge is 0.318 e. The lowest BCUT2D eigenvalue weighted by Crippen LogP contribution is -2.14. The van der Waals surface area contributed by atoms with Crippen molar-refractivity contribution in [1.29, 1.82) is 0 Å². The first-order valence-corrected chi connectivity index (χ1v) is 6.46. The van der Waals surface area contributed by atoms with Crippen LogP contribution in [0.1, 0.15) is 10.4 Å². The Bertz CT molecular complexity index is 670. The van der Waals surface area contributed by atoms with E-state index in [4.69, 9.17) is 11.6 Å². The Balaban J connectivity index is 2.33. The fraction of sp³-hybridized carbons (Fsp3) is 0. The number of rotatable bonds is 2. The number of hydrogen-bond donors (Lipinski definition) is 1. The first kappa shape index (κ1) is 14.9. The molecule has 20 heavy (non-hydrogen) atoms. The Morgan fingerprint density at radius 2 is 1.80 bits per heavy atom. The third-order valence-electron chi connectivity index (χ3n) is 2.42. The van der Waals surface area contributed by atoms with Gasteiger partial charge in [-0.15, -0.1) is 0 Å². The SMILES string of the molecule is O=C(Nc1c(F)cc(F)cc1Cl)c1ccc(F)cc1Br. The normalized spacial score (nSPS) is 10.4. The van der Waals surface area contributed by atoms with Crippen LogP contribution in [0, 0.1) is 17.5 Å². The average Bonchev–Trinajstić information content (AvgIpc) is 2.33. The number of anilines is 1. The molecule has 2 nitrogen and oxygen atoms in total. The molecular weight excluding hydrogens is 358 g/mol. The van der Waals surface area contributed by atoms with Crippen LogP contribution in [0.2, 0.25) is 5.02 Å². The Morgan fingerprint density at radius 3 is 2.40 bits per heavy atom. The quantitative estimate of drug-likeness (QED) is 0.817. The van der Waals surface area contributed by atoms with Crippen LogP contribution in [0.15, 0.2) is 34.8 Å². The van der Waals surface area contributed by atoms with Gasteiger partial charge in [-0.1, -0.05) is 11.6 Å². The lowest BCUT2D eigenvalue weighted by molar-refractivity contribution is 0.102. The second-order valence-electron chi connectivity index (χ2n) is 3.82. The van der Waals surface area contributed by atoms with Crippen LogP contribution in [0.25, 0.3) is 0 Å². The van der Waals surface area contributed by atoms with Crippen molar-refractivity contribution in [2.75, 3.05) is 5.32 Å². The van der Waals surface area contributed by atoms with Crippen molar-refractivity contribution >= 4 is 39.1 Å². The van der Waals surface area contributed by atoms with Gasteiger partial charge in [-0.2, -0.15) is 0 Å². The molecule has 2 aromatic carbocycles. The number of nitrogens with one attached hydrogen (secondary N) is 1. The minimum absolute atomic E-state index is 0.0891. The minimum atomic E-state index is -0.999. The average molecular weight is 365 g/mol. The van der Waals surface area contributed by atoms with Crippen LogP contribution in [0.5, 0.6) is 0 Å². The van der Waals surface area contributed by atoms with Crippen molar-refractivity contribution < 1.29 is 18.0 Å². The van der Waals surface area contributed by atoms with E-state index >= 15 is 0 Å². The van der Waals surface area contributed by atoms with Crippen LogP contribution in [-0.4, -0.2) is 5.91 Å². The minimum Gasteiger partial charge on any atom is -0.318 e. The molecule has 1 amide bonds. The summed E-state index contributed by atoms with van der Waals surface area (Å²) in [5.41, 5.74) is -0.250. The van der Waals surface area contributed by atoms with Crippen molar-refractivity contribution in [2.45, 2.75) is 0 Å². The molecule has 0 aliphatic rings. The van der Waals surface area contributed by atoms with E-state index in [2.05, 4.69) is 21.2 Å². The van der Waals surface area contributed by atoms with E-state index in [1.165, 1.54) is 6.07 Å². The Kier molecular flexibility index (Phi) is 4.35. The van der Waals surface area contributed by atoms with E-state index in [0.717, 1.165) is 18.2 Å². The van der Waals surface area contributed by atoms with Gasteiger partial charge in [-0.25, -0.2) is 13.2 Å². The van der Waals surface area contributed by atoms with Gasteiger partial charge in [0.1, 0.15) is 11.6 Å². The van der Waals surface area contributed by atoms with E-state index < -0.39 is 23.4 Å². The molecule has 0 saturated carbocycles. The molecule has 0 heterocycles. The molecule has 0 aliphatic heterocycles. The summed E-state index contributed by atoms with van der Waals surface area (Å²) in [5, 5.41) is 1.95. The number of halogens is 5. The first-order chi connectivity index (χ1) is 9.38. The zero-order chi connectivity index (χ0) is 14.9. The van der Waals surface area contributed by atoms with Crippen LogP contribution in [-0.2, 0) is 0 Å². The molecule has 2 aromatic rings. The molecule has 0 spiro atoms. The van der Waals surface area contributed by atoms with E-state index in [-0.39, 0.29) is 20.7 Å². The molecule has 0 radical (unpaired) electrons. The molecule has 0 aromatic heterocycles. The van der Waals surface area contributed by atoms with E-state index in [1.807, 2.05) is 0 Å². The highest BCUT2D eigenvalue weighted by Crippen LogP contribution is 2.28. The summed E-state index contributed by atoms with van der Waals surface area (Å²) in [6, 6.07) is 4.88. The molecule has 7 heteroatoms. The summed E-state index contributed by atoms with van der Waals surface area (Å²) >= 11 is 8.69. The molecule has 0 bridgehead atoms. The monoisotopic (exact) mass is 363 g/mol. The highest BCUT2D eigenvalue weighted by atomic mass is 79.9. The van der Waals surface area contributed by atoms with Gasteiger partial charge in [-0.05, 0) is 40.2 Å². The lowest BCUT2D eigenvalue weighted by Gasteiger charge is -2.09. The predicted octanol–water partition coefficient (Wildman–Crippen LogP) is 4.77. The maximum atomic E-state index is 13.5. The molecule has 0 saturated heterocycles. The van der Waals surface area contributed by atoms with Crippen LogP contribution in [0.3, 0.4) is 0 Å². The molecule has 0 atom stereocenters. The number of amides is 1. The van der Waals surface area contributed by atoms with Crippen molar-refractivity contribution in [1.82, 2.24) is 0 Å². The zero-order valence-electron chi connectivity index (χ0n) is 9.68. The Labute approximate surface area is 125 Å². The number of hydrogen-bond acceptors (Lipinski definition) is 1. The topological polar surface area (TPSA) is 29.1 Å². The van der Waals surface area contributed by atoms with Gasteiger partial charge < -0.3 is 5.32 Å². The third kappa shape index (κ3) is 3.13. The van der Waals surface area contributed by atoms with Crippen molar-refractivity contribution in [3.63, 3.8) is 0 Å². The molecule has 104 valence electrons. The maximum absolute atomic E-state index is 13.5. The molecule has 2 rings (SSSR count). The smallest absolute Gasteiger partial charge is 0.256 e. The van der Waals surface area contributed by atoms with Gasteiger partial charge >= 0.3 is 0 Å². The van der Waals surface area contributed by atoms with Crippen molar-refractivity contribution in [3.05, 3.63) is 62.8 Å². The maximum Gasteiger partial charge on any atom is 0.256 e. The number of carbonyl (C=O) groups excluding carboxylic acids is 1. The fourth-order valence-electron chi connectivity index (χ4n) is 1.52. The summed E-state index contributed by atoms with van der Waals surface area (Å²) in [6.07, 6.45) is 0. The second-order valence-corrected chi connectivity index (χ2v) is 5.08. The van der Waals surface area contributed by atoms with Crippen molar-refractivity contribution in [2.24, 2.45) is 0 Å². The summed E-state index contributed by atoms with van der Waals surface area (Å²) in [7, 11) is 0. The fourth-order valence-corrected chi connectivity index (χ4v) is 2.29. The van der Waals surface area contributed by atoms with Gasteiger partial charge in [-0.3, -0.25) is 4.79 Å². The zero-order valence-corrected chi connectivity index (χ0v) is 12.0. The Morgan fingerprint density at radius 1 is 1.10 bits per heavy atom. The van der Waals surface area contributed by atoms with Crippen molar-refractivity contribution in [3.8, 4) is 0 Å².